The van der Waals surface area contributed by atoms with Crippen LogP contribution in [0.2, 0.25) is 0 Å². The predicted molar refractivity (Wildman–Crippen MR) is 68.0 cm³/mol. The largest absolute Gasteiger partial charge is 0.503 e. The second-order valence-electron chi connectivity index (χ2n) is 5.24. The number of hydrogen-bond acceptors (Lipinski definition) is 3. The maximum Gasteiger partial charge on any atom is 0.187 e. The zero-order chi connectivity index (χ0) is 13.9. The minimum atomic E-state index is -0.935. The van der Waals surface area contributed by atoms with Crippen molar-refractivity contribution in [3.05, 3.63) is 29.3 Å². The summed E-state index contributed by atoms with van der Waals surface area (Å²) in [6.07, 6.45) is 3.21. The Labute approximate surface area is 111 Å². The molecule has 3 N–H and O–H groups in total. The third-order valence-electron chi connectivity index (χ3n) is 3.72. The van der Waals surface area contributed by atoms with Gasteiger partial charge in [0.15, 0.2) is 17.4 Å². The predicted octanol–water partition coefficient (Wildman–Crippen LogP) is 2.11. The van der Waals surface area contributed by atoms with Gasteiger partial charge in [-0.2, -0.15) is 0 Å². The van der Waals surface area contributed by atoms with Gasteiger partial charge in [0.05, 0.1) is 5.60 Å². The van der Waals surface area contributed by atoms with Crippen LogP contribution in [0.4, 0.5) is 8.78 Å². The van der Waals surface area contributed by atoms with Crippen molar-refractivity contribution < 1.29 is 19.0 Å². The number of aromatic hydroxyl groups is 1. The lowest BCUT2D eigenvalue weighted by atomic mass is 9.87. The average molecular weight is 271 g/mol. The fourth-order valence-electron chi connectivity index (χ4n) is 2.53. The molecule has 0 saturated carbocycles. The zero-order valence-corrected chi connectivity index (χ0v) is 10.8. The molecule has 0 aliphatic carbocycles. The number of rotatable bonds is 4. The number of phenols is 1. The normalized spacial score (nSPS) is 18.5. The number of piperidine rings is 1. The third-order valence-corrected chi connectivity index (χ3v) is 3.72. The molecule has 0 radical (unpaired) electrons. The Morgan fingerprint density at radius 1 is 1.16 bits per heavy atom. The molecule has 0 amide bonds. The molecule has 0 unspecified atom stereocenters. The van der Waals surface area contributed by atoms with Crippen LogP contribution in [-0.4, -0.2) is 28.9 Å². The maximum atomic E-state index is 13.1. The molecule has 1 heterocycles. The van der Waals surface area contributed by atoms with Crippen LogP contribution in [-0.2, 0) is 6.42 Å². The second kappa shape index (κ2) is 5.84. The molecule has 0 atom stereocenters. The highest BCUT2D eigenvalue weighted by Gasteiger charge is 2.28. The van der Waals surface area contributed by atoms with Crippen molar-refractivity contribution in [2.45, 2.75) is 37.7 Å². The summed E-state index contributed by atoms with van der Waals surface area (Å²) in [5.74, 6) is -2.80. The fourth-order valence-corrected chi connectivity index (χ4v) is 2.53. The molecule has 1 aromatic rings. The first-order chi connectivity index (χ1) is 9.00. The molecule has 5 heteroatoms. The molecule has 3 nitrogen and oxygen atoms in total. The van der Waals surface area contributed by atoms with Crippen LogP contribution in [0.3, 0.4) is 0 Å². The Kier molecular flexibility index (Phi) is 4.37. The van der Waals surface area contributed by atoms with Gasteiger partial charge in [-0.1, -0.05) is 0 Å². The molecule has 1 aromatic carbocycles. The number of phenolic OH excluding ortho intramolecular Hbond substituents is 1. The number of nitrogens with one attached hydrogen (secondary N) is 1. The lowest BCUT2D eigenvalue weighted by Crippen LogP contribution is -2.41. The monoisotopic (exact) mass is 271 g/mol. The molecule has 1 aliphatic heterocycles. The first kappa shape index (κ1) is 14.2. The number of benzene rings is 1. The molecule has 106 valence electrons. The molecule has 0 bridgehead atoms. The van der Waals surface area contributed by atoms with E-state index in [1.165, 1.54) is 0 Å². The summed E-state index contributed by atoms with van der Waals surface area (Å²) < 4.78 is 26.3. The minimum absolute atomic E-state index is 0.490. The van der Waals surface area contributed by atoms with E-state index < -0.39 is 23.0 Å². The lowest BCUT2D eigenvalue weighted by Gasteiger charge is -2.32. The molecular formula is C14H19F2NO2. The topological polar surface area (TPSA) is 52.5 Å². The van der Waals surface area contributed by atoms with Gasteiger partial charge in [-0.05, 0) is 62.9 Å². The van der Waals surface area contributed by atoms with Gasteiger partial charge >= 0.3 is 0 Å². The first-order valence-corrected chi connectivity index (χ1v) is 6.60. The number of hydrogen-bond donors (Lipinski definition) is 3. The molecule has 1 aliphatic rings. The van der Waals surface area contributed by atoms with Gasteiger partial charge in [0.1, 0.15) is 0 Å². The van der Waals surface area contributed by atoms with Crippen molar-refractivity contribution in [2.75, 3.05) is 13.1 Å². The van der Waals surface area contributed by atoms with Crippen molar-refractivity contribution in [1.82, 2.24) is 5.32 Å². The molecular weight excluding hydrogens is 252 g/mol. The van der Waals surface area contributed by atoms with E-state index in [1.54, 1.807) is 0 Å². The van der Waals surface area contributed by atoms with Gasteiger partial charge < -0.3 is 15.5 Å². The summed E-state index contributed by atoms with van der Waals surface area (Å²) in [6.45, 7) is 1.61. The van der Waals surface area contributed by atoms with E-state index in [2.05, 4.69) is 5.32 Å². The Balaban J connectivity index is 1.89. The SMILES string of the molecule is Oc1c(F)cc(CCCC2(O)CCNCC2)cc1F. The van der Waals surface area contributed by atoms with E-state index >= 15 is 0 Å². The smallest absolute Gasteiger partial charge is 0.187 e. The molecule has 0 aromatic heterocycles. The van der Waals surface area contributed by atoms with Crippen LogP contribution in [0.25, 0.3) is 0 Å². The van der Waals surface area contributed by atoms with Gasteiger partial charge in [-0.15, -0.1) is 0 Å². The Hall–Kier alpha value is -1.20. The zero-order valence-electron chi connectivity index (χ0n) is 10.8. The van der Waals surface area contributed by atoms with Crippen molar-refractivity contribution in [3.8, 4) is 5.75 Å². The third kappa shape index (κ3) is 3.64. The number of aryl methyl sites for hydroxylation is 1. The van der Waals surface area contributed by atoms with Crippen LogP contribution < -0.4 is 5.32 Å². The second-order valence-corrected chi connectivity index (χ2v) is 5.24. The Morgan fingerprint density at radius 2 is 1.74 bits per heavy atom. The molecule has 2 rings (SSSR count). The Bertz CT molecular complexity index is 422. The highest BCUT2D eigenvalue weighted by Crippen LogP contribution is 2.26. The van der Waals surface area contributed by atoms with Crippen LogP contribution in [0.15, 0.2) is 12.1 Å². The summed E-state index contributed by atoms with van der Waals surface area (Å²) in [6, 6.07) is 2.29. The van der Waals surface area contributed by atoms with E-state index in [1.807, 2.05) is 0 Å². The van der Waals surface area contributed by atoms with E-state index in [9.17, 15) is 13.9 Å². The summed E-state index contributed by atoms with van der Waals surface area (Å²) >= 11 is 0. The van der Waals surface area contributed by atoms with Gasteiger partial charge in [0, 0.05) is 0 Å². The van der Waals surface area contributed by atoms with Crippen molar-refractivity contribution in [3.63, 3.8) is 0 Å². The van der Waals surface area contributed by atoms with Crippen LogP contribution in [0, 0.1) is 11.6 Å². The van der Waals surface area contributed by atoms with Gasteiger partial charge in [0.25, 0.3) is 0 Å². The lowest BCUT2D eigenvalue weighted by molar-refractivity contribution is 0.000916. The maximum absolute atomic E-state index is 13.1. The summed E-state index contributed by atoms with van der Waals surface area (Å²) in [4.78, 5) is 0. The Morgan fingerprint density at radius 3 is 2.32 bits per heavy atom. The highest BCUT2D eigenvalue weighted by molar-refractivity contribution is 5.30. The molecule has 1 saturated heterocycles. The molecule has 0 spiro atoms. The van der Waals surface area contributed by atoms with Gasteiger partial charge in [-0.3, -0.25) is 0 Å². The van der Waals surface area contributed by atoms with Crippen LogP contribution >= 0.6 is 0 Å². The highest BCUT2D eigenvalue weighted by atomic mass is 19.1. The molecule has 19 heavy (non-hydrogen) atoms. The van der Waals surface area contributed by atoms with E-state index in [-0.39, 0.29) is 0 Å². The van der Waals surface area contributed by atoms with Gasteiger partial charge in [0.2, 0.25) is 0 Å². The van der Waals surface area contributed by atoms with Crippen LogP contribution in [0.5, 0.6) is 5.75 Å². The minimum Gasteiger partial charge on any atom is -0.503 e. The number of aliphatic hydroxyl groups is 1. The molecule has 1 fully saturated rings. The first-order valence-electron chi connectivity index (χ1n) is 6.60. The van der Waals surface area contributed by atoms with E-state index in [0.29, 0.717) is 37.7 Å². The summed E-state index contributed by atoms with van der Waals surface area (Å²) in [5, 5.41) is 22.5. The van der Waals surface area contributed by atoms with E-state index in [4.69, 9.17) is 5.11 Å². The summed E-state index contributed by atoms with van der Waals surface area (Å²) in [7, 11) is 0. The quantitative estimate of drug-likeness (QED) is 0.786. The standard InChI is InChI=1S/C14H19F2NO2/c15-11-8-10(9-12(16)13(11)18)2-1-3-14(19)4-6-17-7-5-14/h8-9,17-19H,1-7H2. The van der Waals surface area contributed by atoms with Crippen molar-refractivity contribution >= 4 is 0 Å². The van der Waals surface area contributed by atoms with Gasteiger partial charge in [-0.25, -0.2) is 8.78 Å². The average Bonchev–Trinajstić information content (AvgIpc) is 2.36. The van der Waals surface area contributed by atoms with Crippen LogP contribution in [0.1, 0.15) is 31.2 Å². The summed E-state index contributed by atoms with van der Waals surface area (Å²) in [5.41, 5.74) is -0.149. The van der Waals surface area contributed by atoms with E-state index in [0.717, 1.165) is 25.2 Å². The van der Waals surface area contributed by atoms with Crippen molar-refractivity contribution in [1.29, 1.82) is 0 Å². The van der Waals surface area contributed by atoms with Crippen molar-refractivity contribution in [2.24, 2.45) is 0 Å². The fraction of sp³-hybridized carbons (Fsp3) is 0.571. The number of halogens is 2.